The molecule has 2 heterocycles. The summed E-state index contributed by atoms with van der Waals surface area (Å²) in [7, 11) is -2.35. The Morgan fingerprint density at radius 1 is 0.969 bits per heavy atom. The lowest BCUT2D eigenvalue weighted by molar-refractivity contribution is 0.373. The van der Waals surface area contributed by atoms with Crippen molar-refractivity contribution in [3.8, 4) is 11.4 Å². The molecule has 10 heteroatoms. The maximum absolute atomic E-state index is 13.2. The van der Waals surface area contributed by atoms with E-state index in [1.54, 1.807) is 18.2 Å². The van der Waals surface area contributed by atoms with Crippen LogP contribution in [-0.2, 0) is 10.0 Å². The smallest absolute Gasteiger partial charge is 0.271 e. The van der Waals surface area contributed by atoms with Crippen molar-refractivity contribution in [2.45, 2.75) is 11.8 Å². The Hall–Kier alpha value is -2.88. The highest BCUT2D eigenvalue weighted by Gasteiger charge is 2.31. The molecule has 1 aliphatic heterocycles. The number of aryl methyl sites for hydroxylation is 1. The minimum absolute atomic E-state index is 0.0481. The molecule has 0 spiro atoms. The highest BCUT2D eigenvalue weighted by molar-refractivity contribution is 7.89. The molecule has 8 nitrogen and oxygen atoms in total. The molecule has 3 aromatic rings. The van der Waals surface area contributed by atoms with Crippen molar-refractivity contribution in [1.29, 1.82) is 0 Å². The van der Waals surface area contributed by atoms with Gasteiger partial charge in [0.2, 0.25) is 10.0 Å². The van der Waals surface area contributed by atoms with E-state index >= 15 is 0 Å². The van der Waals surface area contributed by atoms with E-state index in [4.69, 9.17) is 16.3 Å². The van der Waals surface area contributed by atoms with Gasteiger partial charge in [0.15, 0.2) is 0 Å². The van der Waals surface area contributed by atoms with Crippen LogP contribution in [0.25, 0.3) is 5.69 Å². The number of ether oxygens (including phenoxy) is 1. The largest absolute Gasteiger partial charge is 0.495 e. The van der Waals surface area contributed by atoms with Crippen molar-refractivity contribution in [2.75, 3.05) is 38.2 Å². The van der Waals surface area contributed by atoms with Gasteiger partial charge in [0.25, 0.3) is 5.56 Å². The molecule has 0 amide bonds. The van der Waals surface area contributed by atoms with Gasteiger partial charge in [0, 0.05) is 37.3 Å². The Morgan fingerprint density at radius 2 is 1.66 bits per heavy atom. The third-order valence-corrected chi connectivity index (χ3v) is 7.53. The predicted octanol–water partition coefficient (Wildman–Crippen LogP) is 2.71. The van der Waals surface area contributed by atoms with E-state index in [0.29, 0.717) is 29.6 Å². The highest BCUT2D eigenvalue weighted by atomic mass is 35.5. The van der Waals surface area contributed by atoms with E-state index in [2.05, 4.69) is 5.10 Å². The Labute approximate surface area is 191 Å². The van der Waals surface area contributed by atoms with E-state index < -0.39 is 10.0 Å². The highest BCUT2D eigenvalue weighted by Crippen LogP contribution is 2.30. The summed E-state index contributed by atoms with van der Waals surface area (Å²) in [5, 5.41) is 4.83. The summed E-state index contributed by atoms with van der Waals surface area (Å²) in [5.41, 5.74) is 1.54. The summed E-state index contributed by atoms with van der Waals surface area (Å²) in [6.45, 7) is 3.37. The Kier molecular flexibility index (Phi) is 6.23. The minimum Gasteiger partial charge on any atom is -0.495 e. The lowest BCUT2D eigenvalue weighted by Crippen LogP contribution is -2.49. The molecule has 1 saturated heterocycles. The first-order chi connectivity index (χ1) is 15.3. The van der Waals surface area contributed by atoms with Crippen molar-refractivity contribution >= 4 is 27.4 Å². The quantitative estimate of drug-likeness (QED) is 0.565. The van der Waals surface area contributed by atoms with Gasteiger partial charge >= 0.3 is 0 Å². The van der Waals surface area contributed by atoms with Gasteiger partial charge in [-0.15, -0.1) is 5.10 Å². The third-order valence-electron chi connectivity index (χ3n) is 5.37. The van der Waals surface area contributed by atoms with Crippen LogP contribution in [0.3, 0.4) is 0 Å². The second-order valence-corrected chi connectivity index (χ2v) is 9.81. The molecule has 0 unspecified atom stereocenters. The van der Waals surface area contributed by atoms with Crippen LogP contribution < -0.4 is 15.2 Å². The monoisotopic (exact) mass is 474 g/mol. The van der Waals surface area contributed by atoms with E-state index in [-0.39, 0.29) is 29.3 Å². The first-order valence-electron chi connectivity index (χ1n) is 10.1. The molecule has 32 heavy (non-hydrogen) atoms. The average Bonchev–Trinajstić information content (AvgIpc) is 2.80. The van der Waals surface area contributed by atoms with Crippen LogP contribution in [0.15, 0.2) is 64.3 Å². The van der Waals surface area contributed by atoms with Gasteiger partial charge in [-0.2, -0.15) is 8.99 Å². The first kappa shape index (κ1) is 22.3. The first-order valence-corrected chi connectivity index (χ1v) is 11.9. The second-order valence-electron chi connectivity index (χ2n) is 7.46. The van der Waals surface area contributed by atoms with E-state index in [1.807, 2.05) is 36.1 Å². The number of sulfonamides is 1. The molecule has 0 bridgehead atoms. The molecule has 1 aromatic heterocycles. The van der Waals surface area contributed by atoms with Crippen molar-refractivity contribution in [1.82, 2.24) is 14.1 Å². The third kappa shape index (κ3) is 4.36. The van der Waals surface area contributed by atoms with Gasteiger partial charge in [-0.05, 0) is 43.3 Å². The fraction of sp³-hybridized carbons (Fsp3) is 0.273. The number of rotatable bonds is 5. The summed E-state index contributed by atoms with van der Waals surface area (Å²) in [4.78, 5) is 14.4. The molecule has 1 aliphatic rings. The summed E-state index contributed by atoms with van der Waals surface area (Å²) in [5.74, 6) is 0.867. The van der Waals surface area contributed by atoms with Crippen LogP contribution in [-0.4, -0.2) is 55.8 Å². The van der Waals surface area contributed by atoms with Crippen LogP contribution in [0, 0.1) is 6.92 Å². The molecule has 168 valence electrons. The SMILES string of the molecule is COc1ccc(Cl)cc1S(=O)(=O)N1CCN(c2ccc(=O)n(-c3ccc(C)cc3)n2)CC1. The second kappa shape index (κ2) is 8.93. The van der Waals surface area contributed by atoms with Gasteiger partial charge in [0.05, 0.1) is 12.8 Å². The number of aromatic nitrogens is 2. The van der Waals surface area contributed by atoms with Crippen LogP contribution in [0.1, 0.15) is 5.56 Å². The molecule has 2 aromatic carbocycles. The number of methoxy groups -OCH3 is 1. The maximum Gasteiger partial charge on any atom is 0.271 e. The zero-order chi connectivity index (χ0) is 22.9. The fourth-order valence-electron chi connectivity index (χ4n) is 3.59. The summed E-state index contributed by atoms with van der Waals surface area (Å²) < 4.78 is 34.4. The number of nitrogens with zero attached hydrogens (tertiary/aromatic N) is 4. The summed E-state index contributed by atoms with van der Waals surface area (Å²) in [6, 6.07) is 15.2. The van der Waals surface area contributed by atoms with Crippen molar-refractivity contribution in [2.24, 2.45) is 0 Å². The number of benzene rings is 2. The van der Waals surface area contributed by atoms with Gasteiger partial charge in [0.1, 0.15) is 16.5 Å². The van der Waals surface area contributed by atoms with Gasteiger partial charge in [-0.3, -0.25) is 4.79 Å². The predicted molar refractivity (Wildman–Crippen MR) is 124 cm³/mol. The number of hydrogen-bond acceptors (Lipinski definition) is 6. The molecule has 1 fully saturated rings. The Balaban J connectivity index is 1.54. The van der Waals surface area contributed by atoms with Crippen LogP contribution in [0.4, 0.5) is 5.82 Å². The maximum atomic E-state index is 13.2. The van der Waals surface area contributed by atoms with Gasteiger partial charge in [-0.25, -0.2) is 8.42 Å². The number of piperazine rings is 1. The lowest BCUT2D eigenvalue weighted by atomic mass is 10.2. The molecule has 0 saturated carbocycles. The fourth-order valence-corrected chi connectivity index (χ4v) is 5.43. The topological polar surface area (TPSA) is 84.7 Å². The van der Waals surface area contributed by atoms with Gasteiger partial charge < -0.3 is 9.64 Å². The summed E-state index contributed by atoms with van der Waals surface area (Å²) in [6.07, 6.45) is 0. The minimum atomic E-state index is -3.77. The molecule has 4 rings (SSSR count). The Bertz CT molecular complexity index is 1280. The molecule has 0 atom stereocenters. The zero-order valence-corrected chi connectivity index (χ0v) is 19.3. The molecular weight excluding hydrogens is 452 g/mol. The zero-order valence-electron chi connectivity index (χ0n) is 17.7. The average molecular weight is 475 g/mol. The van der Waals surface area contributed by atoms with E-state index in [9.17, 15) is 13.2 Å². The molecule has 0 radical (unpaired) electrons. The van der Waals surface area contributed by atoms with Crippen molar-refractivity contribution in [3.63, 3.8) is 0 Å². The van der Waals surface area contributed by atoms with E-state index in [0.717, 1.165) is 5.56 Å². The number of halogens is 1. The Morgan fingerprint density at radius 3 is 2.31 bits per heavy atom. The number of hydrogen-bond donors (Lipinski definition) is 0. The van der Waals surface area contributed by atoms with E-state index in [1.165, 1.54) is 28.2 Å². The molecule has 0 N–H and O–H groups in total. The van der Waals surface area contributed by atoms with Crippen LogP contribution >= 0.6 is 11.6 Å². The van der Waals surface area contributed by atoms with Crippen molar-refractivity contribution in [3.05, 3.63) is 75.5 Å². The lowest BCUT2D eigenvalue weighted by Gasteiger charge is -2.34. The molecule has 0 aliphatic carbocycles. The normalized spacial score (nSPS) is 15.0. The van der Waals surface area contributed by atoms with Gasteiger partial charge in [-0.1, -0.05) is 29.3 Å². The summed E-state index contributed by atoms with van der Waals surface area (Å²) >= 11 is 6.03. The standard InChI is InChI=1S/C22H23ClN4O4S/c1-16-3-6-18(7-4-16)27-22(28)10-9-21(24-27)25-11-13-26(14-12-25)32(29,30)20-15-17(23)5-8-19(20)31-2/h3-10,15H,11-14H2,1-2H3. The van der Waals surface area contributed by atoms with Crippen LogP contribution in [0.5, 0.6) is 5.75 Å². The van der Waals surface area contributed by atoms with Crippen molar-refractivity contribution < 1.29 is 13.2 Å². The van der Waals surface area contributed by atoms with Crippen LogP contribution in [0.2, 0.25) is 5.02 Å². The molecular formula is C22H23ClN4O4S. The number of anilines is 1.